The smallest absolute Gasteiger partial charge is 0.226 e. The Kier molecular flexibility index (Phi) is 4.23. The summed E-state index contributed by atoms with van der Waals surface area (Å²) in [5, 5.41) is 7.91. The number of benzene rings is 2. The SMILES string of the molecule is COc1ccc2c(cnn2CCC(=O)Nc2cccc(F)c2)c1. The lowest BCUT2D eigenvalue weighted by atomic mass is 10.2. The van der Waals surface area contributed by atoms with Gasteiger partial charge in [0.25, 0.3) is 0 Å². The van der Waals surface area contributed by atoms with E-state index in [0.717, 1.165) is 16.7 Å². The third-order valence-electron chi connectivity index (χ3n) is 3.51. The van der Waals surface area contributed by atoms with Crippen molar-refractivity contribution < 1.29 is 13.9 Å². The molecule has 0 aliphatic heterocycles. The number of nitrogens with zero attached hydrogens (tertiary/aromatic N) is 2. The van der Waals surface area contributed by atoms with Crippen LogP contribution in [0.5, 0.6) is 5.75 Å². The summed E-state index contributed by atoms with van der Waals surface area (Å²) in [6, 6.07) is 11.5. The molecule has 1 aromatic heterocycles. The Morgan fingerprint density at radius 2 is 2.17 bits per heavy atom. The minimum atomic E-state index is -0.380. The predicted molar refractivity (Wildman–Crippen MR) is 85.9 cm³/mol. The van der Waals surface area contributed by atoms with E-state index in [1.807, 2.05) is 18.2 Å². The number of ether oxygens (including phenoxy) is 1. The number of halogens is 1. The number of nitrogens with one attached hydrogen (secondary N) is 1. The Bertz CT molecular complexity index is 845. The van der Waals surface area contributed by atoms with Gasteiger partial charge in [-0.15, -0.1) is 0 Å². The zero-order valence-corrected chi connectivity index (χ0v) is 12.6. The number of amides is 1. The van der Waals surface area contributed by atoms with Crippen LogP contribution in [0.15, 0.2) is 48.7 Å². The van der Waals surface area contributed by atoms with Crippen molar-refractivity contribution in [3.8, 4) is 5.75 Å². The molecule has 0 aliphatic carbocycles. The number of aromatic nitrogens is 2. The minimum absolute atomic E-state index is 0.187. The summed E-state index contributed by atoms with van der Waals surface area (Å²) in [7, 11) is 1.61. The molecular formula is C17H16FN3O2. The molecule has 0 atom stereocenters. The number of rotatable bonds is 5. The number of carbonyl (C=O) groups is 1. The summed E-state index contributed by atoms with van der Waals surface area (Å²) in [5.41, 5.74) is 1.38. The molecule has 1 amide bonds. The van der Waals surface area contributed by atoms with Crippen LogP contribution in [0.3, 0.4) is 0 Å². The van der Waals surface area contributed by atoms with Crippen molar-refractivity contribution >= 4 is 22.5 Å². The second-order valence-electron chi connectivity index (χ2n) is 5.10. The van der Waals surface area contributed by atoms with Crippen molar-refractivity contribution in [1.82, 2.24) is 9.78 Å². The van der Waals surface area contributed by atoms with Gasteiger partial charge in [-0.25, -0.2) is 4.39 Å². The fraction of sp³-hybridized carbons (Fsp3) is 0.176. The summed E-state index contributed by atoms with van der Waals surface area (Å²) in [4.78, 5) is 12.0. The normalized spacial score (nSPS) is 10.7. The van der Waals surface area contributed by atoms with Crippen LogP contribution in [0.1, 0.15) is 6.42 Å². The average molecular weight is 313 g/mol. The molecule has 0 unspecified atom stereocenters. The topological polar surface area (TPSA) is 56.2 Å². The molecule has 1 heterocycles. The number of aryl methyl sites for hydroxylation is 1. The van der Waals surface area contributed by atoms with Crippen molar-refractivity contribution in [1.29, 1.82) is 0 Å². The predicted octanol–water partition coefficient (Wildman–Crippen LogP) is 3.21. The molecule has 0 spiro atoms. The van der Waals surface area contributed by atoms with Crippen LogP contribution < -0.4 is 10.1 Å². The first-order valence-corrected chi connectivity index (χ1v) is 7.21. The molecule has 0 saturated heterocycles. The monoisotopic (exact) mass is 313 g/mol. The minimum Gasteiger partial charge on any atom is -0.497 e. The number of anilines is 1. The molecule has 5 nitrogen and oxygen atoms in total. The average Bonchev–Trinajstić information content (AvgIpc) is 2.95. The number of hydrogen-bond donors (Lipinski definition) is 1. The van der Waals surface area contributed by atoms with E-state index in [0.29, 0.717) is 12.2 Å². The number of hydrogen-bond acceptors (Lipinski definition) is 3. The summed E-state index contributed by atoms with van der Waals surface area (Å²) >= 11 is 0. The Morgan fingerprint density at radius 1 is 1.30 bits per heavy atom. The third-order valence-corrected chi connectivity index (χ3v) is 3.51. The Morgan fingerprint density at radius 3 is 2.96 bits per heavy atom. The first-order valence-electron chi connectivity index (χ1n) is 7.21. The van der Waals surface area contributed by atoms with E-state index in [9.17, 15) is 9.18 Å². The number of carbonyl (C=O) groups excluding carboxylic acids is 1. The first-order chi connectivity index (χ1) is 11.2. The molecule has 23 heavy (non-hydrogen) atoms. The fourth-order valence-corrected chi connectivity index (χ4v) is 2.37. The lowest BCUT2D eigenvalue weighted by molar-refractivity contribution is -0.116. The second-order valence-corrected chi connectivity index (χ2v) is 5.10. The highest BCUT2D eigenvalue weighted by Crippen LogP contribution is 2.20. The van der Waals surface area contributed by atoms with E-state index in [1.165, 1.54) is 12.1 Å². The zero-order chi connectivity index (χ0) is 16.2. The molecule has 3 aromatic rings. The number of methoxy groups -OCH3 is 1. The molecule has 0 radical (unpaired) electrons. The molecule has 3 rings (SSSR count). The van der Waals surface area contributed by atoms with Crippen LogP contribution in [0.4, 0.5) is 10.1 Å². The molecule has 0 aliphatic rings. The number of fused-ring (bicyclic) bond motifs is 1. The molecule has 2 aromatic carbocycles. The molecule has 0 saturated carbocycles. The molecule has 6 heteroatoms. The lowest BCUT2D eigenvalue weighted by Crippen LogP contribution is -2.15. The van der Waals surface area contributed by atoms with Crippen LogP contribution in [-0.4, -0.2) is 22.8 Å². The molecule has 0 fully saturated rings. The third kappa shape index (κ3) is 3.48. The van der Waals surface area contributed by atoms with Crippen molar-refractivity contribution in [2.24, 2.45) is 0 Å². The maximum absolute atomic E-state index is 13.1. The molecule has 1 N–H and O–H groups in total. The van der Waals surface area contributed by atoms with Crippen LogP contribution >= 0.6 is 0 Å². The van der Waals surface area contributed by atoms with E-state index in [2.05, 4.69) is 10.4 Å². The summed E-state index contributed by atoms with van der Waals surface area (Å²) in [6.45, 7) is 0.441. The van der Waals surface area contributed by atoms with Crippen LogP contribution in [0.25, 0.3) is 10.9 Å². The Hall–Kier alpha value is -2.89. The van der Waals surface area contributed by atoms with Gasteiger partial charge in [0.1, 0.15) is 11.6 Å². The van der Waals surface area contributed by atoms with Gasteiger partial charge < -0.3 is 10.1 Å². The first kappa shape index (κ1) is 15.0. The van der Waals surface area contributed by atoms with E-state index in [1.54, 1.807) is 30.1 Å². The van der Waals surface area contributed by atoms with Gasteiger partial charge in [0, 0.05) is 17.5 Å². The standard InChI is InChI=1S/C17H16FN3O2/c1-23-15-5-6-16-12(9-15)11-19-21(16)8-7-17(22)20-14-4-2-3-13(18)10-14/h2-6,9-11H,7-8H2,1H3,(H,20,22). The van der Waals surface area contributed by atoms with E-state index in [-0.39, 0.29) is 18.1 Å². The summed E-state index contributed by atoms with van der Waals surface area (Å²) in [5.74, 6) is 0.198. The van der Waals surface area contributed by atoms with Gasteiger partial charge in [0.15, 0.2) is 0 Å². The highest BCUT2D eigenvalue weighted by molar-refractivity contribution is 5.90. The van der Waals surface area contributed by atoms with Crippen LogP contribution in [-0.2, 0) is 11.3 Å². The Labute approximate surface area is 132 Å². The van der Waals surface area contributed by atoms with E-state index >= 15 is 0 Å². The van der Waals surface area contributed by atoms with Crippen molar-refractivity contribution in [2.45, 2.75) is 13.0 Å². The lowest BCUT2D eigenvalue weighted by Gasteiger charge is -2.06. The maximum Gasteiger partial charge on any atom is 0.226 e. The van der Waals surface area contributed by atoms with Crippen molar-refractivity contribution in [3.05, 3.63) is 54.5 Å². The van der Waals surface area contributed by atoms with E-state index in [4.69, 9.17) is 4.74 Å². The molecular weight excluding hydrogens is 297 g/mol. The van der Waals surface area contributed by atoms with Gasteiger partial charge in [-0.1, -0.05) is 6.07 Å². The highest BCUT2D eigenvalue weighted by Gasteiger charge is 2.07. The maximum atomic E-state index is 13.1. The van der Waals surface area contributed by atoms with Crippen molar-refractivity contribution in [2.75, 3.05) is 12.4 Å². The van der Waals surface area contributed by atoms with Crippen LogP contribution in [0, 0.1) is 5.82 Å². The van der Waals surface area contributed by atoms with Gasteiger partial charge >= 0.3 is 0 Å². The fourth-order valence-electron chi connectivity index (χ4n) is 2.37. The van der Waals surface area contributed by atoms with Gasteiger partial charge in [-0.3, -0.25) is 9.48 Å². The summed E-state index contributed by atoms with van der Waals surface area (Å²) in [6.07, 6.45) is 1.99. The van der Waals surface area contributed by atoms with Gasteiger partial charge in [0.2, 0.25) is 5.91 Å². The van der Waals surface area contributed by atoms with Crippen molar-refractivity contribution in [3.63, 3.8) is 0 Å². The highest BCUT2D eigenvalue weighted by atomic mass is 19.1. The largest absolute Gasteiger partial charge is 0.497 e. The zero-order valence-electron chi connectivity index (χ0n) is 12.6. The van der Waals surface area contributed by atoms with Gasteiger partial charge in [0.05, 0.1) is 25.4 Å². The summed E-state index contributed by atoms with van der Waals surface area (Å²) < 4.78 is 20.0. The molecule has 0 bridgehead atoms. The van der Waals surface area contributed by atoms with E-state index < -0.39 is 0 Å². The van der Waals surface area contributed by atoms with Gasteiger partial charge in [-0.05, 0) is 36.4 Å². The Balaban J connectivity index is 1.65. The quantitative estimate of drug-likeness (QED) is 0.787. The second kappa shape index (κ2) is 6.48. The van der Waals surface area contributed by atoms with Gasteiger partial charge in [-0.2, -0.15) is 5.10 Å². The molecule has 118 valence electrons. The van der Waals surface area contributed by atoms with Crippen LogP contribution in [0.2, 0.25) is 0 Å².